The van der Waals surface area contributed by atoms with Gasteiger partial charge in [-0.05, 0) is 108 Å². The summed E-state index contributed by atoms with van der Waals surface area (Å²) < 4.78 is 1.28. The number of carbonyl (C=O) groups excluding carboxylic acids is 1. The topological polar surface area (TPSA) is 50.2 Å². The molecule has 5 aromatic rings. The number of thiophene rings is 1. The van der Waals surface area contributed by atoms with Crippen molar-refractivity contribution in [1.82, 2.24) is 4.98 Å². The van der Waals surface area contributed by atoms with Gasteiger partial charge in [0.25, 0.3) is 0 Å². The number of pyridine rings is 1. The van der Waals surface area contributed by atoms with E-state index in [0.29, 0.717) is 17.8 Å². The van der Waals surface area contributed by atoms with E-state index in [0.717, 1.165) is 43.4 Å². The van der Waals surface area contributed by atoms with Crippen LogP contribution in [0.1, 0.15) is 176 Å². The third-order valence-electron chi connectivity index (χ3n) is 14.7. The van der Waals surface area contributed by atoms with E-state index < -0.39 is 0 Å². The average molecular weight is 1060 g/mol. The van der Waals surface area contributed by atoms with Gasteiger partial charge in [0, 0.05) is 59.5 Å². The third kappa shape index (κ3) is 12.1. The van der Waals surface area contributed by atoms with Crippen molar-refractivity contribution in [2.45, 2.75) is 180 Å². The quantitative estimate of drug-likeness (QED) is 0.0480. The van der Waals surface area contributed by atoms with Crippen molar-refractivity contribution < 1.29 is 30.0 Å². The second kappa shape index (κ2) is 25.1. The average Bonchev–Trinajstić information content (AvgIpc) is 3.60. The minimum Gasteiger partial charge on any atom is -0.512 e. The fourth-order valence-electron chi connectivity index (χ4n) is 11.3. The molecule has 3 aromatic carbocycles. The van der Waals surface area contributed by atoms with Crippen LogP contribution in [0.4, 0.5) is 0 Å². The molecule has 0 unspecified atom stereocenters. The van der Waals surface area contributed by atoms with Crippen molar-refractivity contribution in [3.63, 3.8) is 0 Å². The summed E-state index contributed by atoms with van der Waals surface area (Å²) in [5.74, 6) is 2.37. The Labute approximate surface area is 408 Å². The van der Waals surface area contributed by atoms with Crippen molar-refractivity contribution in [1.29, 1.82) is 0 Å². The predicted molar refractivity (Wildman–Crippen MR) is 277 cm³/mol. The van der Waals surface area contributed by atoms with Crippen molar-refractivity contribution in [3.8, 4) is 21.7 Å². The second-order valence-electron chi connectivity index (χ2n) is 19.6. The first-order valence-corrected chi connectivity index (χ1v) is 25.8. The maximum Gasteiger partial charge on any atom is 0.162 e. The number of hydrogen-bond acceptors (Lipinski definition) is 4. The van der Waals surface area contributed by atoms with Crippen molar-refractivity contribution in [2.24, 2.45) is 35.0 Å². The van der Waals surface area contributed by atoms with Crippen molar-refractivity contribution >= 4 is 38.0 Å². The largest absolute Gasteiger partial charge is 0.512 e. The SMILES string of the molecule is CCC(CC)C(=O)/C=C(\O)C(CC)CC.CCC(CC)C(c1cc(-c2nccc3c(C)c(-c4ccc(CC(C)(C)C)cc4C)sc23)[c-]c2ccccc12)(C(CC)CC)C(CC)CC.[Ir]. The molecule has 353 valence electrons. The van der Waals surface area contributed by atoms with E-state index in [1.807, 2.05) is 45.2 Å². The number of aliphatic hydroxyl groups excluding tert-OH is 1. The van der Waals surface area contributed by atoms with E-state index in [-0.39, 0.29) is 54.3 Å². The summed E-state index contributed by atoms with van der Waals surface area (Å²) in [6.07, 6.45) is 15.2. The summed E-state index contributed by atoms with van der Waals surface area (Å²) in [5.41, 5.74) is 9.58. The van der Waals surface area contributed by atoms with Crippen LogP contribution in [0.2, 0.25) is 0 Å². The molecule has 0 bridgehead atoms. The number of carbonyl (C=O) groups is 1. The molecule has 5 heteroatoms. The van der Waals surface area contributed by atoms with E-state index >= 15 is 0 Å². The molecule has 3 nitrogen and oxygen atoms in total. The summed E-state index contributed by atoms with van der Waals surface area (Å²) >= 11 is 1.91. The molecular weight excluding hydrogens is 979 g/mol. The zero-order chi connectivity index (χ0) is 46.6. The summed E-state index contributed by atoms with van der Waals surface area (Å²) in [6.45, 7) is 34.2. The van der Waals surface area contributed by atoms with Gasteiger partial charge in [-0.15, -0.1) is 34.9 Å². The number of benzene rings is 3. The predicted octanol–water partition coefficient (Wildman–Crippen LogP) is 18.2. The number of rotatable bonds is 20. The minimum atomic E-state index is 0. The standard InChI is InChI=1S/C46H60NS.C13H24O2.Ir/c1-12-35(13-2)46(36(14-3)15-4,37(16-5)17-6)41-28-34(27-33-20-18-19-21-40(33)41)42-44-39(24-25-47-42)31(8)43(48-44)38-23-22-32(26-30(38)7)29-45(9,10)11;1-5-10(6-2)12(14)9-13(15)11(7-3)8-4;/h18-26,28,35-37H,12-17,29H2,1-11H3;9-11,14H,5-8H2,1-4H3;/q-1;;/b;12-9-;. The van der Waals surface area contributed by atoms with E-state index in [1.165, 1.54) is 92.6 Å². The summed E-state index contributed by atoms with van der Waals surface area (Å²) in [4.78, 5) is 18.2. The van der Waals surface area contributed by atoms with Gasteiger partial charge in [0.2, 0.25) is 0 Å². The number of fused-ring (bicyclic) bond motifs is 2. The first kappa shape index (κ1) is 55.2. The number of aromatic nitrogens is 1. The Morgan fingerprint density at radius 3 is 1.77 bits per heavy atom. The Bertz CT molecular complexity index is 2230. The van der Waals surface area contributed by atoms with E-state index in [4.69, 9.17) is 4.98 Å². The Hall–Kier alpha value is -3.11. The Morgan fingerprint density at radius 2 is 1.27 bits per heavy atom. The zero-order valence-electron chi connectivity index (χ0n) is 42.6. The molecular formula is C59H84IrNO2S-. The van der Waals surface area contributed by atoms with Crippen LogP contribution >= 0.6 is 11.3 Å². The molecule has 2 aromatic heterocycles. The number of hydrogen-bond donors (Lipinski definition) is 1. The first-order valence-electron chi connectivity index (χ1n) is 25.0. The minimum absolute atomic E-state index is 0. The van der Waals surface area contributed by atoms with Crippen LogP contribution in [-0.2, 0) is 36.7 Å². The maximum absolute atomic E-state index is 11.7. The normalized spacial score (nSPS) is 12.5. The Balaban J connectivity index is 0.000000583. The van der Waals surface area contributed by atoms with Crippen molar-refractivity contribution in [3.05, 3.63) is 101 Å². The molecule has 2 heterocycles. The van der Waals surface area contributed by atoms with Gasteiger partial charge < -0.3 is 5.11 Å². The zero-order valence-corrected chi connectivity index (χ0v) is 45.8. The molecule has 5 rings (SSSR count). The fraction of sp³-hybridized carbons (Fsp3) is 0.559. The molecule has 1 radical (unpaired) electrons. The first-order chi connectivity index (χ1) is 30.1. The molecule has 0 saturated heterocycles. The Kier molecular flexibility index (Phi) is 21.7. The number of aryl methyl sites for hydroxylation is 2. The molecule has 0 spiro atoms. The molecule has 0 aliphatic rings. The van der Waals surface area contributed by atoms with Gasteiger partial charge in [0.15, 0.2) is 5.78 Å². The molecule has 0 saturated carbocycles. The van der Waals surface area contributed by atoms with Crippen LogP contribution in [0.3, 0.4) is 0 Å². The number of ketones is 1. The van der Waals surface area contributed by atoms with Gasteiger partial charge >= 0.3 is 0 Å². The van der Waals surface area contributed by atoms with Crippen LogP contribution in [-0.4, -0.2) is 15.9 Å². The summed E-state index contributed by atoms with van der Waals surface area (Å²) in [7, 11) is 0. The van der Waals surface area contributed by atoms with Crippen molar-refractivity contribution in [2.75, 3.05) is 0 Å². The maximum atomic E-state index is 11.7. The number of aliphatic hydroxyl groups is 1. The van der Waals surface area contributed by atoms with Crippen LogP contribution < -0.4 is 0 Å². The smallest absolute Gasteiger partial charge is 0.162 e. The van der Waals surface area contributed by atoms with Gasteiger partial charge in [-0.2, -0.15) is 0 Å². The molecule has 0 atom stereocenters. The molecule has 0 aliphatic heterocycles. The monoisotopic (exact) mass is 1060 g/mol. The van der Waals surface area contributed by atoms with Gasteiger partial charge in [-0.1, -0.05) is 181 Å². The van der Waals surface area contributed by atoms with E-state index in [1.54, 1.807) is 5.56 Å². The number of allylic oxidation sites excluding steroid dienone is 2. The van der Waals surface area contributed by atoms with E-state index in [9.17, 15) is 9.90 Å². The van der Waals surface area contributed by atoms with Crippen LogP contribution in [0, 0.1) is 54.9 Å². The molecule has 1 N–H and O–H groups in total. The van der Waals surface area contributed by atoms with E-state index in [2.05, 4.69) is 137 Å². The molecule has 0 fully saturated rings. The van der Waals surface area contributed by atoms with Gasteiger partial charge in [0.1, 0.15) is 0 Å². The Morgan fingerprint density at radius 1 is 0.719 bits per heavy atom. The summed E-state index contributed by atoms with van der Waals surface area (Å²) in [6, 6.07) is 24.9. The molecule has 64 heavy (non-hydrogen) atoms. The molecule has 0 amide bonds. The van der Waals surface area contributed by atoms with Gasteiger partial charge in [-0.3, -0.25) is 9.78 Å². The summed E-state index contributed by atoms with van der Waals surface area (Å²) in [5, 5.41) is 13.7. The third-order valence-corrected chi connectivity index (χ3v) is 16.0. The van der Waals surface area contributed by atoms with Crippen LogP contribution in [0.15, 0.2) is 72.6 Å². The van der Waals surface area contributed by atoms with Gasteiger partial charge in [-0.25, -0.2) is 0 Å². The van der Waals surface area contributed by atoms with Gasteiger partial charge in [0.05, 0.1) is 5.76 Å². The fourth-order valence-corrected chi connectivity index (χ4v) is 12.7. The second-order valence-corrected chi connectivity index (χ2v) is 20.6. The van der Waals surface area contributed by atoms with Crippen LogP contribution in [0.25, 0.3) is 42.6 Å². The molecule has 0 aliphatic carbocycles. The van der Waals surface area contributed by atoms with Crippen LogP contribution in [0.5, 0.6) is 0 Å². The number of nitrogens with zero attached hydrogens (tertiary/aromatic N) is 1.